The first kappa shape index (κ1) is 13.5. The highest BCUT2D eigenvalue weighted by molar-refractivity contribution is 9.10. The van der Waals surface area contributed by atoms with Gasteiger partial charge in [-0.1, -0.05) is 21.1 Å². The van der Waals surface area contributed by atoms with Crippen molar-refractivity contribution in [3.63, 3.8) is 0 Å². The fourth-order valence-corrected chi connectivity index (χ4v) is 2.41. The summed E-state index contributed by atoms with van der Waals surface area (Å²) in [5.41, 5.74) is 1.82. The van der Waals surface area contributed by atoms with Crippen LogP contribution in [0.5, 0.6) is 0 Å². The molecule has 2 N–H and O–H groups in total. The summed E-state index contributed by atoms with van der Waals surface area (Å²) in [7, 11) is 0. The van der Waals surface area contributed by atoms with Crippen LogP contribution in [0.3, 0.4) is 0 Å². The van der Waals surface area contributed by atoms with E-state index in [-0.39, 0.29) is 17.3 Å². The number of H-pyrrole nitrogens is 1. The zero-order valence-corrected chi connectivity index (χ0v) is 12.4. The normalized spacial score (nSPS) is 10.8. The number of hydrogen-bond donors (Lipinski definition) is 2. The van der Waals surface area contributed by atoms with E-state index in [1.54, 1.807) is 0 Å². The minimum atomic E-state index is -1.16. The van der Waals surface area contributed by atoms with Crippen LogP contribution >= 0.6 is 15.9 Å². The number of carboxylic acid groups (broad SMARTS) is 1. The van der Waals surface area contributed by atoms with Crippen LogP contribution in [-0.4, -0.2) is 31.2 Å². The molecule has 7 nitrogen and oxygen atoms in total. The van der Waals surface area contributed by atoms with Gasteiger partial charge in [-0.05, 0) is 30.7 Å². The Kier molecular flexibility index (Phi) is 3.30. The number of carboxylic acids is 1. The monoisotopic (exact) mass is 348 g/mol. The molecule has 0 bridgehead atoms. The van der Waals surface area contributed by atoms with Gasteiger partial charge in [-0.3, -0.25) is 0 Å². The van der Waals surface area contributed by atoms with Crippen LogP contribution in [0.25, 0.3) is 23.0 Å². The first-order chi connectivity index (χ1) is 10.1. The quantitative estimate of drug-likeness (QED) is 0.753. The van der Waals surface area contributed by atoms with Crippen molar-refractivity contribution in [2.24, 2.45) is 0 Å². The third kappa shape index (κ3) is 2.45. The Hall–Kier alpha value is -2.48. The average Bonchev–Trinajstić information content (AvgIpc) is 3.06. The summed E-state index contributed by atoms with van der Waals surface area (Å²) in [6, 6.07) is 5.67. The van der Waals surface area contributed by atoms with E-state index in [1.807, 2.05) is 25.1 Å². The lowest BCUT2D eigenvalue weighted by atomic mass is 10.1. The average molecular weight is 349 g/mol. The lowest BCUT2D eigenvalue weighted by molar-refractivity contribution is 0.0691. The van der Waals surface area contributed by atoms with Crippen LogP contribution in [0.15, 0.2) is 33.5 Å². The van der Waals surface area contributed by atoms with Crippen molar-refractivity contribution in [3.05, 3.63) is 40.3 Å². The van der Waals surface area contributed by atoms with E-state index in [0.717, 1.165) is 15.6 Å². The first-order valence-electron chi connectivity index (χ1n) is 5.93. The highest BCUT2D eigenvalue weighted by Crippen LogP contribution is 2.26. The number of carbonyl (C=O) groups is 1. The van der Waals surface area contributed by atoms with Crippen molar-refractivity contribution in [1.82, 2.24) is 20.1 Å². The molecule has 2 aromatic heterocycles. The van der Waals surface area contributed by atoms with Gasteiger partial charge < -0.3 is 14.6 Å². The van der Waals surface area contributed by atoms with Crippen LogP contribution in [0.4, 0.5) is 0 Å². The minimum absolute atomic E-state index is 0.0854. The van der Waals surface area contributed by atoms with Gasteiger partial charge in [-0.15, -0.1) is 0 Å². The second-order valence-electron chi connectivity index (χ2n) is 4.31. The SMILES string of the molecule is Cc1cc(Br)ccc1-c1noc(-c2[nH]cnc2C(=O)O)n1. The molecule has 0 unspecified atom stereocenters. The lowest BCUT2D eigenvalue weighted by Gasteiger charge is -2.00. The number of benzene rings is 1. The molecule has 0 aliphatic heterocycles. The number of aromatic amines is 1. The van der Waals surface area contributed by atoms with Gasteiger partial charge in [0.2, 0.25) is 5.82 Å². The van der Waals surface area contributed by atoms with Crippen LogP contribution in [0.2, 0.25) is 0 Å². The molecule has 2 heterocycles. The van der Waals surface area contributed by atoms with Crippen molar-refractivity contribution >= 4 is 21.9 Å². The van der Waals surface area contributed by atoms with E-state index in [9.17, 15) is 4.79 Å². The maximum atomic E-state index is 11.0. The maximum absolute atomic E-state index is 11.0. The second kappa shape index (κ2) is 5.13. The van der Waals surface area contributed by atoms with Crippen molar-refractivity contribution in [3.8, 4) is 23.0 Å². The number of nitrogens with one attached hydrogen (secondary N) is 1. The summed E-state index contributed by atoms with van der Waals surface area (Å²) >= 11 is 3.39. The number of aromatic carboxylic acids is 1. The molecular formula is C13H9BrN4O3. The molecule has 106 valence electrons. The van der Waals surface area contributed by atoms with Gasteiger partial charge in [0.25, 0.3) is 5.89 Å². The molecule has 0 aliphatic rings. The Morgan fingerprint density at radius 3 is 2.95 bits per heavy atom. The summed E-state index contributed by atoms with van der Waals surface area (Å²) in [5.74, 6) is -0.686. The van der Waals surface area contributed by atoms with E-state index in [4.69, 9.17) is 9.63 Å². The molecule has 0 saturated carbocycles. The number of aryl methyl sites for hydroxylation is 1. The van der Waals surface area contributed by atoms with E-state index in [0.29, 0.717) is 5.82 Å². The van der Waals surface area contributed by atoms with Gasteiger partial charge >= 0.3 is 5.97 Å². The van der Waals surface area contributed by atoms with Gasteiger partial charge in [0.1, 0.15) is 5.69 Å². The number of nitrogens with zero attached hydrogens (tertiary/aromatic N) is 3. The van der Waals surface area contributed by atoms with Gasteiger partial charge in [-0.2, -0.15) is 4.98 Å². The number of halogens is 1. The van der Waals surface area contributed by atoms with Crippen LogP contribution in [0, 0.1) is 6.92 Å². The highest BCUT2D eigenvalue weighted by Gasteiger charge is 2.21. The zero-order valence-electron chi connectivity index (χ0n) is 10.8. The number of aromatic nitrogens is 4. The Bertz CT molecular complexity index is 824. The molecule has 1 aromatic carbocycles. The molecule has 0 atom stereocenters. The van der Waals surface area contributed by atoms with Gasteiger partial charge in [0, 0.05) is 10.0 Å². The Morgan fingerprint density at radius 2 is 2.24 bits per heavy atom. The van der Waals surface area contributed by atoms with Crippen LogP contribution < -0.4 is 0 Å². The first-order valence-corrected chi connectivity index (χ1v) is 6.73. The maximum Gasteiger partial charge on any atom is 0.356 e. The standard InChI is InChI=1S/C13H9BrN4O3/c1-6-4-7(14)2-3-8(6)11-17-12(21-18-11)9-10(13(19)20)16-5-15-9/h2-5H,1H3,(H,15,16)(H,19,20). The fraction of sp³-hybridized carbons (Fsp3) is 0.0769. The molecule has 0 saturated heterocycles. The van der Waals surface area contributed by atoms with Crippen molar-refractivity contribution < 1.29 is 14.4 Å². The predicted molar refractivity (Wildman–Crippen MR) is 76.7 cm³/mol. The smallest absolute Gasteiger partial charge is 0.356 e. The van der Waals surface area contributed by atoms with Gasteiger partial charge in [0.15, 0.2) is 5.69 Å². The minimum Gasteiger partial charge on any atom is -0.476 e. The molecule has 0 amide bonds. The topological polar surface area (TPSA) is 105 Å². The molecule has 8 heteroatoms. The van der Waals surface area contributed by atoms with Gasteiger partial charge in [-0.25, -0.2) is 9.78 Å². The van der Waals surface area contributed by atoms with Crippen molar-refractivity contribution in [2.75, 3.05) is 0 Å². The summed E-state index contributed by atoms with van der Waals surface area (Å²) in [4.78, 5) is 21.7. The Balaban J connectivity index is 2.04. The highest BCUT2D eigenvalue weighted by atomic mass is 79.9. The molecule has 0 radical (unpaired) electrons. The second-order valence-corrected chi connectivity index (χ2v) is 5.23. The fourth-order valence-electron chi connectivity index (χ4n) is 1.93. The third-order valence-corrected chi connectivity index (χ3v) is 3.40. The molecule has 3 rings (SSSR count). The number of hydrogen-bond acceptors (Lipinski definition) is 5. The summed E-state index contributed by atoms with van der Waals surface area (Å²) in [5, 5.41) is 12.9. The Morgan fingerprint density at radius 1 is 1.43 bits per heavy atom. The molecule has 0 fully saturated rings. The van der Waals surface area contributed by atoms with Crippen LogP contribution in [0.1, 0.15) is 16.1 Å². The number of rotatable bonds is 3. The number of imidazole rings is 1. The van der Waals surface area contributed by atoms with E-state index < -0.39 is 5.97 Å². The lowest BCUT2D eigenvalue weighted by Crippen LogP contribution is -1.99. The van der Waals surface area contributed by atoms with Crippen molar-refractivity contribution in [2.45, 2.75) is 6.92 Å². The van der Waals surface area contributed by atoms with Crippen LogP contribution in [-0.2, 0) is 0 Å². The summed E-state index contributed by atoms with van der Waals surface area (Å²) in [6.07, 6.45) is 1.27. The Labute approximate surface area is 127 Å². The predicted octanol–water partition coefficient (Wildman–Crippen LogP) is 2.90. The van der Waals surface area contributed by atoms with Gasteiger partial charge in [0.05, 0.1) is 6.33 Å². The largest absolute Gasteiger partial charge is 0.476 e. The molecular weight excluding hydrogens is 340 g/mol. The summed E-state index contributed by atoms with van der Waals surface area (Å²) < 4.78 is 6.09. The molecule has 21 heavy (non-hydrogen) atoms. The molecule has 0 aliphatic carbocycles. The van der Waals surface area contributed by atoms with E-state index in [1.165, 1.54) is 6.33 Å². The van der Waals surface area contributed by atoms with E-state index in [2.05, 4.69) is 36.0 Å². The van der Waals surface area contributed by atoms with E-state index >= 15 is 0 Å². The van der Waals surface area contributed by atoms with Crippen molar-refractivity contribution in [1.29, 1.82) is 0 Å². The third-order valence-electron chi connectivity index (χ3n) is 2.91. The zero-order chi connectivity index (χ0) is 15.0. The molecule has 0 spiro atoms. The summed E-state index contributed by atoms with van der Waals surface area (Å²) in [6.45, 7) is 1.93. The molecule has 3 aromatic rings.